The molecule has 4 atom stereocenters. The number of hydrogen-bond donors (Lipinski definition) is 2. The van der Waals surface area contributed by atoms with E-state index in [-0.39, 0.29) is 30.3 Å². The highest BCUT2D eigenvalue weighted by molar-refractivity contribution is 5.85. The molecule has 0 aromatic heterocycles. The van der Waals surface area contributed by atoms with E-state index >= 15 is 0 Å². The number of ether oxygens (including phenoxy) is 1. The minimum atomic E-state index is -0.367. The molecule has 2 aliphatic rings. The van der Waals surface area contributed by atoms with Crippen LogP contribution in [0.5, 0.6) is 0 Å². The van der Waals surface area contributed by atoms with Gasteiger partial charge in [-0.1, -0.05) is 26.7 Å². The summed E-state index contributed by atoms with van der Waals surface area (Å²) in [5.74, 6) is 1.57. The van der Waals surface area contributed by atoms with Crippen LogP contribution in [0, 0.1) is 17.8 Å². The first-order chi connectivity index (χ1) is 9.09. The van der Waals surface area contributed by atoms with Gasteiger partial charge in [0.2, 0.25) is 5.91 Å². The number of carbonyl (C=O) groups excluding carboxylic acids is 1. The quantitative estimate of drug-likeness (QED) is 0.839. The summed E-state index contributed by atoms with van der Waals surface area (Å²) < 4.78 is 5.32. The first-order valence-corrected chi connectivity index (χ1v) is 7.73. The Morgan fingerprint density at radius 3 is 2.50 bits per heavy atom. The van der Waals surface area contributed by atoms with Crippen LogP contribution in [0.15, 0.2) is 0 Å². The van der Waals surface area contributed by atoms with E-state index in [1.807, 2.05) is 0 Å². The van der Waals surface area contributed by atoms with Crippen molar-refractivity contribution in [2.75, 3.05) is 13.2 Å². The van der Waals surface area contributed by atoms with E-state index in [9.17, 15) is 4.79 Å². The van der Waals surface area contributed by atoms with Crippen molar-refractivity contribution < 1.29 is 9.53 Å². The van der Waals surface area contributed by atoms with Crippen molar-refractivity contribution >= 4 is 18.3 Å². The molecule has 0 spiro atoms. The molecule has 1 saturated heterocycles. The second-order valence-electron chi connectivity index (χ2n) is 6.36. The van der Waals surface area contributed by atoms with Gasteiger partial charge in [0.25, 0.3) is 0 Å². The Morgan fingerprint density at radius 1 is 1.20 bits per heavy atom. The molecule has 4 nitrogen and oxygen atoms in total. The highest BCUT2D eigenvalue weighted by Gasteiger charge is 2.32. The normalized spacial score (nSPS) is 33.0. The summed E-state index contributed by atoms with van der Waals surface area (Å²) in [5.41, 5.74) is 6.12. The highest BCUT2D eigenvalue weighted by atomic mass is 35.5. The van der Waals surface area contributed by atoms with Crippen molar-refractivity contribution in [3.8, 4) is 0 Å². The Hall–Kier alpha value is -0.320. The Labute approximate surface area is 128 Å². The summed E-state index contributed by atoms with van der Waals surface area (Å²) in [6, 6.07) is -0.0597. The minimum absolute atomic E-state index is 0. The summed E-state index contributed by atoms with van der Waals surface area (Å²) in [7, 11) is 0. The van der Waals surface area contributed by atoms with Gasteiger partial charge in [0.05, 0.1) is 6.04 Å². The average molecular weight is 305 g/mol. The minimum Gasteiger partial charge on any atom is -0.381 e. The monoisotopic (exact) mass is 304 g/mol. The van der Waals surface area contributed by atoms with Crippen LogP contribution < -0.4 is 11.1 Å². The fourth-order valence-corrected chi connectivity index (χ4v) is 3.35. The molecular weight excluding hydrogens is 276 g/mol. The van der Waals surface area contributed by atoms with Crippen molar-refractivity contribution in [1.29, 1.82) is 0 Å². The summed E-state index contributed by atoms with van der Waals surface area (Å²) in [6.07, 6.45) is 5.40. The molecule has 5 heteroatoms. The van der Waals surface area contributed by atoms with Crippen molar-refractivity contribution in [3.63, 3.8) is 0 Å². The fourth-order valence-electron chi connectivity index (χ4n) is 3.35. The van der Waals surface area contributed by atoms with Gasteiger partial charge < -0.3 is 15.8 Å². The van der Waals surface area contributed by atoms with E-state index < -0.39 is 0 Å². The van der Waals surface area contributed by atoms with Crippen molar-refractivity contribution in [1.82, 2.24) is 5.32 Å². The Bertz CT molecular complexity index is 308. The van der Waals surface area contributed by atoms with Gasteiger partial charge in [-0.3, -0.25) is 4.79 Å². The van der Waals surface area contributed by atoms with Crippen LogP contribution in [0.25, 0.3) is 0 Å². The number of amides is 1. The molecular formula is C15H29ClN2O2. The van der Waals surface area contributed by atoms with Crippen LogP contribution in [0.1, 0.15) is 46.0 Å². The maximum absolute atomic E-state index is 12.3. The van der Waals surface area contributed by atoms with Gasteiger partial charge in [-0.2, -0.15) is 0 Å². The van der Waals surface area contributed by atoms with Crippen LogP contribution in [0.4, 0.5) is 0 Å². The van der Waals surface area contributed by atoms with E-state index in [0.29, 0.717) is 17.9 Å². The largest absolute Gasteiger partial charge is 0.381 e. The molecule has 20 heavy (non-hydrogen) atoms. The van der Waals surface area contributed by atoms with Crippen LogP contribution >= 0.6 is 12.4 Å². The molecule has 1 aliphatic carbocycles. The molecule has 2 rings (SSSR count). The third-order valence-corrected chi connectivity index (χ3v) is 5.11. The second-order valence-corrected chi connectivity index (χ2v) is 6.36. The van der Waals surface area contributed by atoms with Gasteiger partial charge in [-0.05, 0) is 37.0 Å². The standard InChI is InChI=1S/C15H28N2O2.ClH/c1-10-4-3-5-13(11(10)2)17-15(18)14(16)12-6-8-19-9-7-12;/h10-14H,3-9,16H2,1-2H3,(H,17,18);1H. The van der Waals surface area contributed by atoms with Crippen LogP contribution in [0.3, 0.4) is 0 Å². The molecule has 1 saturated carbocycles. The molecule has 4 unspecified atom stereocenters. The third-order valence-electron chi connectivity index (χ3n) is 5.11. The van der Waals surface area contributed by atoms with Gasteiger partial charge in [0, 0.05) is 19.3 Å². The van der Waals surface area contributed by atoms with Crippen molar-refractivity contribution in [2.45, 2.75) is 58.0 Å². The number of rotatable bonds is 3. The molecule has 0 aromatic rings. The lowest BCUT2D eigenvalue weighted by Gasteiger charge is -2.36. The zero-order valence-corrected chi connectivity index (χ0v) is 13.5. The summed E-state index contributed by atoms with van der Waals surface area (Å²) in [4.78, 5) is 12.3. The zero-order chi connectivity index (χ0) is 13.8. The van der Waals surface area contributed by atoms with Gasteiger partial charge in [-0.25, -0.2) is 0 Å². The predicted octanol–water partition coefficient (Wildman–Crippen LogP) is 2.10. The second kappa shape index (κ2) is 8.20. The molecule has 0 radical (unpaired) electrons. The molecule has 1 amide bonds. The van der Waals surface area contributed by atoms with Gasteiger partial charge in [0.1, 0.15) is 0 Å². The van der Waals surface area contributed by atoms with Gasteiger partial charge >= 0.3 is 0 Å². The molecule has 2 fully saturated rings. The average Bonchev–Trinajstić information content (AvgIpc) is 2.44. The van der Waals surface area contributed by atoms with E-state index in [4.69, 9.17) is 10.5 Å². The van der Waals surface area contributed by atoms with Crippen LogP contribution in [0.2, 0.25) is 0 Å². The van der Waals surface area contributed by atoms with Crippen LogP contribution in [-0.4, -0.2) is 31.2 Å². The van der Waals surface area contributed by atoms with Crippen molar-refractivity contribution in [2.24, 2.45) is 23.5 Å². The predicted molar refractivity (Wildman–Crippen MR) is 82.9 cm³/mol. The number of nitrogens with one attached hydrogen (secondary N) is 1. The molecule has 1 heterocycles. The number of nitrogens with two attached hydrogens (primary N) is 1. The van der Waals surface area contributed by atoms with Crippen LogP contribution in [-0.2, 0) is 9.53 Å². The van der Waals surface area contributed by atoms with E-state index in [2.05, 4.69) is 19.2 Å². The molecule has 118 valence electrons. The van der Waals surface area contributed by atoms with E-state index in [1.165, 1.54) is 12.8 Å². The lowest BCUT2D eigenvalue weighted by atomic mass is 9.78. The Morgan fingerprint density at radius 2 is 1.85 bits per heavy atom. The third kappa shape index (κ3) is 4.34. The van der Waals surface area contributed by atoms with Crippen molar-refractivity contribution in [3.05, 3.63) is 0 Å². The fraction of sp³-hybridized carbons (Fsp3) is 0.933. The van der Waals surface area contributed by atoms with E-state index in [1.54, 1.807) is 0 Å². The number of halogens is 1. The molecule has 0 bridgehead atoms. The lowest BCUT2D eigenvalue weighted by molar-refractivity contribution is -0.125. The molecule has 1 aliphatic heterocycles. The first-order valence-electron chi connectivity index (χ1n) is 7.73. The number of carbonyl (C=O) groups is 1. The summed E-state index contributed by atoms with van der Waals surface area (Å²) in [5, 5.41) is 3.19. The van der Waals surface area contributed by atoms with Gasteiger partial charge in [-0.15, -0.1) is 12.4 Å². The number of hydrogen-bond acceptors (Lipinski definition) is 3. The Kier molecular flexibility index (Phi) is 7.27. The highest BCUT2D eigenvalue weighted by Crippen LogP contribution is 2.29. The maximum atomic E-state index is 12.3. The zero-order valence-electron chi connectivity index (χ0n) is 12.6. The Balaban J connectivity index is 0.00000200. The molecule has 3 N–H and O–H groups in total. The summed E-state index contributed by atoms with van der Waals surface area (Å²) in [6.45, 7) is 6.00. The summed E-state index contributed by atoms with van der Waals surface area (Å²) >= 11 is 0. The topological polar surface area (TPSA) is 64.4 Å². The van der Waals surface area contributed by atoms with E-state index in [0.717, 1.165) is 32.5 Å². The molecule has 0 aromatic carbocycles. The SMILES string of the molecule is CC1CCCC(NC(=O)C(N)C2CCOCC2)C1C.Cl. The smallest absolute Gasteiger partial charge is 0.237 e. The maximum Gasteiger partial charge on any atom is 0.237 e. The van der Waals surface area contributed by atoms with Gasteiger partial charge in [0.15, 0.2) is 0 Å². The first kappa shape index (κ1) is 17.7. The lowest BCUT2D eigenvalue weighted by Crippen LogP contribution is -2.52.